The summed E-state index contributed by atoms with van der Waals surface area (Å²) in [5, 5.41) is 0.0748. The first-order chi connectivity index (χ1) is 16.9. The third-order valence-corrected chi connectivity index (χ3v) is 8.35. The second-order valence-electron chi connectivity index (χ2n) is 8.87. The van der Waals surface area contributed by atoms with Crippen LogP contribution in [0, 0.1) is 5.92 Å². The first-order valence-electron chi connectivity index (χ1n) is 11.6. The molecule has 0 N–H and O–H groups in total. The molecule has 0 spiro atoms. The summed E-state index contributed by atoms with van der Waals surface area (Å²) in [5.41, 5.74) is -0.842. The highest BCUT2D eigenvalue weighted by Gasteiger charge is 2.39. The number of pyridine rings is 1. The van der Waals surface area contributed by atoms with Crippen molar-refractivity contribution in [2.75, 3.05) is 33.8 Å². The van der Waals surface area contributed by atoms with Crippen LogP contribution in [0.25, 0.3) is 0 Å². The Kier molecular flexibility index (Phi) is 9.23. The molecule has 198 valence electrons. The summed E-state index contributed by atoms with van der Waals surface area (Å²) >= 11 is 6.08. The van der Waals surface area contributed by atoms with Crippen molar-refractivity contribution in [3.05, 3.63) is 52.7 Å². The van der Waals surface area contributed by atoms with E-state index in [1.165, 1.54) is 17.0 Å². The maximum Gasteiger partial charge on any atom is 0.417 e. The summed E-state index contributed by atoms with van der Waals surface area (Å²) in [6.07, 6.45) is -1.11. The van der Waals surface area contributed by atoms with Crippen molar-refractivity contribution in [2.24, 2.45) is 5.92 Å². The molecule has 1 fully saturated rings. The van der Waals surface area contributed by atoms with Crippen LogP contribution in [0.3, 0.4) is 0 Å². The molecule has 2 aromatic rings. The summed E-state index contributed by atoms with van der Waals surface area (Å²) in [7, 11) is -0.976. The van der Waals surface area contributed by atoms with Gasteiger partial charge in [0.2, 0.25) is 15.9 Å². The highest BCUT2D eigenvalue weighted by Crippen LogP contribution is 2.36. The van der Waals surface area contributed by atoms with Crippen LogP contribution in [-0.4, -0.2) is 62.3 Å². The number of benzene rings is 1. The molecule has 1 saturated heterocycles. The molecule has 1 aliphatic heterocycles. The summed E-state index contributed by atoms with van der Waals surface area (Å²) in [5.74, 6) is 0.369. The van der Waals surface area contributed by atoms with Crippen LogP contribution in [0.4, 0.5) is 13.2 Å². The molecular formula is C24H29ClF3N3O4S. The number of aromatic nitrogens is 1. The van der Waals surface area contributed by atoms with E-state index in [0.717, 1.165) is 35.7 Å². The molecule has 0 aliphatic carbocycles. The molecule has 1 aromatic heterocycles. The quantitative estimate of drug-likeness (QED) is 0.322. The number of hydrogen-bond acceptors (Lipinski definition) is 5. The Morgan fingerprint density at radius 2 is 1.81 bits per heavy atom. The van der Waals surface area contributed by atoms with E-state index in [9.17, 15) is 26.4 Å². The topological polar surface area (TPSA) is 79.8 Å². The van der Waals surface area contributed by atoms with Crippen LogP contribution in [0.15, 0.2) is 41.3 Å². The number of piperidine rings is 1. The SMILES string of the molecule is CN(C)C(=O)c1ccc(OCCCCC2CCN(S(=O)(=O)c3ccccc3C(F)(F)F)CC2)nc1Cl. The Morgan fingerprint density at radius 3 is 2.42 bits per heavy atom. The van der Waals surface area contributed by atoms with Crippen LogP contribution in [-0.2, 0) is 16.2 Å². The minimum Gasteiger partial charge on any atom is -0.478 e. The number of alkyl halides is 3. The largest absolute Gasteiger partial charge is 0.478 e. The van der Waals surface area contributed by atoms with Gasteiger partial charge in [0.15, 0.2) is 0 Å². The molecule has 0 bridgehead atoms. The highest BCUT2D eigenvalue weighted by atomic mass is 35.5. The average Bonchev–Trinajstić information content (AvgIpc) is 2.83. The van der Waals surface area contributed by atoms with Crippen molar-refractivity contribution in [1.82, 2.24) is 14.2 Å². The van der Waals surface area contributed by atoms with E-state index in [4.69, 9.17) is 16.3 Å². The summed E-state index contributed by atoms with van der Waals surface area (Å²) < 4.78 is 72.4. The summed E-state index contributed by atoms with van der Waals surface area (Å²) in [4.78, 5) is 16.8. The van der Waals surface area contributed by atoms with E-state index >= 15 is 0 Å². The van der Waals surface area contributed by atoms with Crippen molar-refractivity contribution in [3.8, 4) is 5.88 Å². The normalized spacial score (nSPS) is 15.6. The van der Waals surface area contributed by atoms with Gasteiger partial charge in [-0.05, 0) is 49.8 Å². The molecule has 1 amide bonds. The number of rotatable bonds is 9. The minimum atomic E-state index is -4.74. The molecule has 0 radical (unpaired) electrons. The molecule has 0 unspecified atom stereocenters. The number of amides is 1. The molecular weight excluding hydrogens is 519 g/mol. The smallest absolute Gasteiger partial charge is 0.417 e. The van der Waals surface area contributed by atoms with Crippen LogP contribution in [0.2, 0.25) is 5.15 Å². The summed E-state index contributed by atoms with van der Waals surface area (Å²) in [6.45, 7) is 0.790. The van der Waals surface area contributed by atoms with E-state index in [-0.39, 0.29) is 24.1 Å². The van der Waals surface area contributed by atoms with Crippen molar-refractivity contribution in [2.45, 2.75) is 43.2 Å². The van der Waals surface area contributed by atoms with E-state index in [0.29, 0.717) is 36.8 Å². The fraction of sp³-hybridized carbons (Fsp3) is 0.500. The Bertz CT molecular complexity index is 1170. The lowest BCUT2D eigenvalue weighted by atomic mass is 9.92. The van der Waals surface area contributed by atoms with Gasteiger partial charge in [-0.3, -0.25) is 4.79 Å². The van der Waals surface area contributed by atoms with E-state index < -0.39 is 26.7 Å². The first kappa shape index (κ1) is 28.2. The average molecular weight is 548 g/mol. The second-order valence-corrected chi connectivity index (χ2v) is 11.1. The van der Waals surface area contributed by atoms with E-state index in [1.54, 1.807) is 26.2 Å². The molecule has 7 nitrogen and oxygen atoms in total. The van der Waals surface area contributed by atoms with Crippen LogP contribution in [0.1, 0.15) is 48.0 Å². The lowest BCUT2D eigenvalue weighted by Gasteiger charge is -2.31. The maximum atomic E-state index is 13.3. The Morgan fingerprint density at radius 1 is 1.14 bits per heavy atom. The third-order valence-electron chi connectivity index (χ3n) is 6.10. The Balaban J connectivity index is 1.44. The number of sulfonamides is 1. The highest BCUT2D eigenvalue weighted by molar-refractivity contribution is 7.89. The molecule has 1 aliphatic rings. The monoisotopic (exact) mass is 547 g/mol. The van der Waals surface area contributed by atoms with Gasteiger partial charge >= 0.3 is 6.18 Å². The van der Waals surface area contributed by atoms with Crippen molar-refractivity contribution in [3.63, 3.8) is 0 Å². The molecule has 36 heavy (non-hydrogen) atoms. The lowest BCUT2D eigenvalue weighted by Crippen LogP contribution is -2.39. The zero-order chi connectivity index (χ0) is 26.5. The lowest BCUT2D eigenvalue weighted by molar-refractivity contribution is -0.139. The van der Waals surface area contributed by atoms with Crippen LogP contribution >= 0.6 is 11.6 Å². The van der Waals surface area contributed by atoms with Gasteiger partial charge < -0.3 is 9.64 Å². The number of nitrogens with zero attached hydrogens (tertiary/aromatic N) is 3. The van der Waals surface area contributed by atoms with E-state index in [2.05, 4.69) is 4.98 Å². The number of carbonyl (C=O) groups excluding carboxylic acids is 1. The number of halogens is 4. The zero-order valence-electron chi connectivity index (χ0n) is 20.1. The Labute approximate surface area is 214 Å². The fourth-order valence-electron chi connectivity index (χ4n) is 4.11. The molecule has 1 aromatic carbocycles. The van der Waals surface area contributed by atoms with Gasteiger partial charge in [0.25, 0.3) is 5.91 Å². The predicted octanol–water partition coefficient (Wildman–Crippen LogP) is 5.11. The van der Waals surface area contributed by atoms with Crippen molar-refractivity contribution >= 4 is 27.5 Å². The van der Waals surface area contributed by atoms with Gasteiger partial charge in [-0.2, -0.15) is 17.5 Å². The minimum absolute atomic E-state index is 0.0748. The van der Waals surface area contributed by atoms with Gasteiger partial charge in [-0.1, -0.05) is 30.2 Å². The predicted molar refractivity (Wildman–Crippen MR) is 130 cm³/mol. The molecule has 0 atom stereocenters. The molecule has 0 saturated carbocycles. The standard InChI is InChI=1S/C24H29ClF3N3O4S/c1-30(2)23(32)18-10-11-21(29-22(18)25)35-16-6-5-7-17-12-14-31(15-13-17)36(33,34)20-9-4-3-8-19(20)24(26,27)28/h3-4,8-11,17H,5-7,12-16H2,1-2H3. The van der Waals surface area contributed by atoms with Gasteiger partial charge in [0.05, 0.1) is 22.6 Å². The van der Waals surface area contributed by atoms with E-state index in [1.807, 2.05) is 0 Å². The molecule has 2 heterocycles. The number of carbonyl (C=O) groups is 1. The summed E-state index contributed by atoms with van der Waals surface area (Å²) in [6, 6.07) is 7.46. The van der Waals surface area contributed by atoms with Gasteiger partial charge in [-0.25, -0.2) is 13.4 Å². The fourth-order valence-corrected chi connectivity index (χ4v) is 6.02. The maximum absolute atomic E-state index is 13.3. The zero-order valence-corrected chi connectivity index (χ0v) is 21.7. The van der Waals surface area contributed by atoms with Crippen molar-refractivity contribution in [1.29, 1.82) is 0 Å². The molecule has 12 heteroatoms. The van der Waals surface area contributed by atoms with Crippen molar-refractivity contribution < 1.29 is 31.1 Å². The number of hydrogen-bond donors (Lipinski definition) is 0. The number of ether oxygens (including phenoxy) is 1. The van der Waals surface area contributed by atoms with Crippen LogP contribution < -0.4 is 4.74 Å². The van der Waals surface area contributed by atoms with Gasteiger partial charge in [-0.15, -0.1) is 0 Å². The third kappa shape index (κ3) is 6.89. The Hall–Kier alpha value is -2.37. The van der Waals surface area contributed by atoms with Gasteiger partial charge in [0, 0.05) is 33.3 Å². The second kappa shape index (κ2) is 11.8. The number of unbranched alkanes of at least 4 members (excludes halogenated alkanes) is 1. The van der Waals surface area contributed by atoms with Crippen LogP contribution in [0.5, 0.6) is 5.88 Å². The first-order valence-corrected chi connectivity index (χ1v) is 13.4. The molecule has 3 rings (SSSR count). The van der Waals surface area contributed by atoms with Gasteiger partial charge in [0.1, 0.15) is 5.15 Å².